The molecule has 1 heterocycles. The molecule has 3 rings (SSSR count). The van der Waals surface area contributed by atoms with Crippen molar-refractivity contribution < 1.29 is 8.42 Å². The van der Waals surface area contributed by atoms with Crippen molar-refractivity contribution in [1.29, 1.82) is 0 Å². The molecule has 1 aliphatic carbocycles. The Hall–Kier alpha value is -0.580. The fraction of sp³-hybridized carbons (Fsp3) is 0.667. The maximum absolute atomic E-state index is 13.1. The number of piperidine rings is 1. The van der Waals surface area contributed by atoms with E-state index < -0.39 is 10.0 Å². The van der Waals surface area contributed by atoms with E-state index in [-0.39, 0.29) is 11.4 Å². The molecule has 0 amide bonds. The van der Waals surface area contributed by atoms with Crippen LogP contribution in [0.3, 0.4) is 0 Å². The molecule has 1 aromatic carbocycles. The Morgan fingerprint density at radius 1 is 1.04 bits per heavy atom. The van der Waals surface area contributed by atoms with Crippen molar-refractivity contribution in [2.45, 2.75) is 68.2 Å². The number of hydrogen-bond donors (Lipinski definition) is 0. The molecule has 3 nitrogen and oxygen atoms in total. The summed E-state index contributed by atoms with van der Waals surface area (Å²) < 4.78 is 28.0. The number of hydrogen-bond acceptors (Lipinski definition) is 2. The van der Waals surface area contributed by atoms with Crippen LogP contribution in [0.25, 0.3) is 0 Å². The Labute approximate surface area is 145 Å². The average Bonchev–Trinajstić information content (AvgIpc) is 2.56. The second kappa shape index (κ2) is 7.12. The third-order valence-corrected chi connectivity index (χ3v) is 7.69. The molecule has 0 spiro atoms. The lowest BCUT2D eigenvalue weighted by Crippen LogP contribution is -2.50. The summed E-state index contributed by atoms with van der Waals surface area (Å²) in [6, 6.07) is 7.27. The lowest BCUT2D eigenvalue weighted by atomic mass is 9.81. The fourth-order valence-corrected chi connectivity index (χ4v) is 6.01. The molecular weight excluding hydrogens is 330 g/mol. The molecule has 1 aliphatic heterocycles. The van der Waals surface area contributed by atoms with Crippen molar-refractivity contribution in [2.24, 2.45) is 5.92 Å². The number of alkyl halides is 1. The van der Waals surface area contributed by atoms with Crippen molar-refractivity contribution >= 4 is 21.6 Å². The number of rotatable bonds is 3. The van der Waals surface area contributed by atoms with E-state index in [1.165, 1.54) is 19.3 Å². The highest BCUT2D eigenvalue weighted by molar-refractivity contribution is 7.89. The molecule has 0 N–H and O–H groups in total. The van der Waals surface area contributed by atoms with Crippen LogP contribution in [0.15, 0.2) is 29.2 Å². The fourth-order valence-electron chi connectivity index (χ4n) is 4.02. The highest BCUT2D eigenvalue weighted by atomic mass is 35.5. The summed E-state index contributed by atoms with van der Waals surface area (Å²) in [5, 5.41) is 0.103. The Kier molecular flexibility index (Phi) is 5.34. The van der Waals surface area contributed by atoms with E-state index in [4.69, 9.17) is 11.6 Å². The van der Waals surface area contributed by atoms with Crippen LogP contribution in [-0.2, 0) is 10.0 Å². The predicted octanol–water partition coefficient (Wildman–Crippen LogP) is 4.34. The van der Waals surface area contributed by atoms with Gasteiger partial charge >= 0.3 is 0 Å². The van der Waals surface area contributed by atoms with Crippen LogP contribution in [0.4, 0.5) is 0 Å². The van der Waals surface area contributed by atoms with E-state index in [0.717, 1.165) is 31.2 Å². The van der Waals surface area contributed by atoms with Crippen LogP contribution >= 0.6 is 11.6 Å². The zero-order valence-corrected chi connectivity index (χ0v) is 15.3. The van der Waals surface area contributed by atoms with Gasteiger partial charge in [0.1, 0.15) is 0 Å². The minimum atomic E-state index is -3.43. The average molecular weight is 356 g/mol. The number of halogens is 1. The van der Waals surface area contributed by atoms with Gasteiger partial charge in [-0.15, -0.1) is 11.6 Å². The van der Waals surface area contributed by atoms with Crippen LogP contribution in [0, 0.1) is 12.8 Å². The quantitative estimate of drug-likeness (QED) is 0.756. The summed E-state index contributed by atoms with van der Waals surface area (Å²) in [5.41, 5.74) is 1.08. The molecule has 5 heteroatoms. The second-order valence-electron chi connectivity index (χ2n) is 7.02. The molecule has 1 aromatic rings. The Morgan fingerprint density at radius 3 is 2.35 bits per heavy atom. The Morgan fingerprint density at radius 2 is 1.70 bits per heavy atom. The molecule has 128 valence electrons. The molecular formula is C18H26ClNO2S. The normalized spacial score (nSPS) is 27.9. The molecule has 1 saturated heterocycles. The Balaban J connectivity index is 1.89. The molecule has 1 saturated carbocycles. The highest BCUT2D eigenvalue weighted by Crippen LogP contribution is 2.37. The number of sulfonamides is 1. The van der Waals surface area contributed by atoms with E-state index in [9.17, 15) is 8.42 Å². The van der Waals surface area contributed by atoms with Crippen LogP contribution in [0.5, 0.6) is 0 Å². The van der Waals surface area contributed by atoms with E-state index in [2.05, 4.69) is 0 Å². The molecule has 0 radical (unpaired) electrons. The third-order valence-electron chi connectivity index (χ3n) is 5.35. The molecule has 2 aliphatic rings. The first kappa shape index (κ1) is 17.2. The number of benzene rings is 1. The smallest absolute Gasteiger partial charge is 0.207 e. The Bertz CT molecular complexity index is 623. The van der Waals surface area contributed by atoms with Crippen LogP contribution in [0.2, 0.25) is 0 Å². The number of aryl methyl sites for hydroxylation is 1. The van der Waals surface area contributed by atoms with Gasteiger partial charge < -0.3 is 0 Å². The zero-order chi connectivity index (χ0) is 16.4. The molecule has 0 aromatic heterocycles. The largest absolute Gasteiger partial charge is 0.243 e. The minimum Gasteiger partial charge on any atom is -0.207 e. The zero-order valence-electron chi connectivity index (χ0n) is 13.7. The number of nitrogens with zero attached hydrogens (tertiary/aromatic N) is 1. The second-order valence-corrected chi connectivity index (χ2v) is 9.52. The highest BCUT2D eigenvalue weighted by Gasteiger charge is 2.40. The van der Waals surface area contributed by atoms with Crippen molar-refractivity contribution in [3.05, 3.63) is 29.8 Å². The van der Waals surface area contributed by atoms with Gasteiger partial charge in [-0.1, -0.05) is 37.0 Å². The molecule has 23 heavy (non-hydrogen) atoms. The standard InChI is InChI=1S/C18H26ClNO2S/c1-14-7-9-17(10-8-14)23(21,22)20-12-11-16(19)13-18(20)15-5-3-2-4-6-15/h7-10,15-16,18H,2-6,11-13H2,1H3/t16-,18-/m1/s1. The topological polar surface area (TPSA) is 37.4 Å². The van der Waals surface area contributed by atoms with E-state index in [1.807, 2.05) is 19.1 Å². The van der Waals surface area contributed by atoms with Gasteiger partial charge in [-0.2, -0.15) is 4.31 Å². The van der Waals surface area contributed by atoms with E-state index in [0.29, 0.717) is 17.4 Å². The van der Waals surface area contributed by atoms with Gasteiger partial charge in [-0.05, 0) is 50.7 Å². The summed E-state index contributed by atoms with van der Waals surface area (Å²) in [5.74, 6) is 0.463. The van der Waals surface area contributed by atoms with E-state index >= 15 is 0 Å². The van der Waals surface area contributed by atoms with Crippen molar-refractivity contribution in [3.63, 3.8) is 0 Å². The first-order chi connectivity index (χ1) is 11.0. The summed E-state index contributed by atoms with van der Waals surface area (Å²) in [7, 11) is -3.43. The molecule has 0 unspecified atom stereocenters. The summed E-state index contributed by atoms with van der Waals surface area (Å²) in [6.45, 7) is 2.52. The van der Waals surface area contributed by atoms with Crippen molar-refractivity contribution in [2.75, 3.05) is 6.54 Å². The first-order valence-electron chi connectivity index (χ1n) is 8.71. The van der Waals surface area contributed by atoms with Gasteiger partial charge in [0.25, 0.3) is 0 Å². The van der Waals surface area contributed by atoms with E-state index in [1.54, 1.807) is 16.4 Å². The molecule has 2 fully saturated rings. The van der Waals surface area contributed by atoms with Gasteiger partial charge in [0.05, 0.1) is 4.90 Å². The maximum atomic E-state index is 13.1. The summed E-state index contributed by atoms with van der Waals surface area (Å²) >= 11 is 6.39. The predicted molar refractivity (Wildman–Crippen MR) is 94.3 cm³/mol. The minimum absolute atomic E-state index is 0.0675. The van der Waals surface area contributed by atoms with Crippen molar-refractivity contribution in [1.82, 2.24) is 4.31 Å². The first-order valence-corrected chi connectivity index (χ1v) is 10.6. The van der Waals surface area contributed by atoms with Crippen LogP contribution in [0.1, 0.15) is 50.5 Å². The maximum Gasteiger partial charge on any atom is 0.243 e. The summed E-state index contributed by atoms with van der Waals surface area (Å²) in [4.78, 5) is 0.414. The monoisotopic (exact) mass is 355 g/mol. The van der Waals surface area contributed by atoms with Gasteiger partial charge in [0.2, 0.25) is 10.0 Å². The molecule has 2 atom stereocenters. The van der Waals surface area contributed by atoms with Gasteiger partial charge in [-0.3, -0.25) is 0 Å². The molecule has 0 bridgehead atoms. The van der Waals surface area contributed by atoms with Crippen LogP contribution < -0.4 is 0 Å². The lowest BCUT2D eigenvalue weighted by molar-refractivity contribution is 0.155. The van der Waals surface area contributed by atoms with Gasteiger partial charge in [-0.25, -0.2) is 8.42 Å². The van der Waals surface area contributed by atoms with Crippen molar-refractivity contribution in [3.8, 4) is 0 Å². The summed E-state index contributed by atoms with van der Waals surface area (Å²) in [6.07, 6.45) is 7.51. The lowest BCUT2D eigenvalue weighted by Gasteiger charge is -2.42. The van der Waals surface area contributed by atoms with Gasteiger partial charge in [0, 0.05) is 18.0 Å². The van der Waals surface area contributed by atoms with Crippen LogP contribution in [-0.4, -0.2) is 30.7 Å². The third kappa shape index (κ3) is 3.75. The van der Waals surface area contributed by atoms with Gasteiger partial charge in [0.15, 0.2) is 0 Å². The SMILES string of the molecule is Cc1ccc(S(=O)(=O)N2CC[C@@H](Cl)C[C@@H]2C2CCCCC2)cc1.